The van der Waals surface area contributed by atoms with Crippen molar-refractivity contribution in [3.8, 4) is 0 Å². The molecule has 17 heavy (non-hydrogen) atoms. The van der Waals surface area contributed by atoms with Crippen LogP contribution >= 0.6 is 0 Å². The van der Waals surface area contributed by atoms with E-state index in [9.17, 15) is 4.39 Å². The van der Waals surface area contributed by atoms with Crippen LogP contribution in [0.5, 0.6) is 0 Å². The van der Waals surface area contributed by atoms with Crippen LogP contribution < -0.4 is 5.73 Å². The summed E-state index contributed by atoms with van der Waals surface area (Å²) in [6.07, 6.45) is 3.03. The molecule has 0 aromatic heterocycles. The van der Waals surface area contributed by atoms with Gasteiger partial charge >= 0.3 is 0 Å². The Morgan fingerprint density at radius 1 is 1.06 bits per heavy atom. The van der Waals surface area contributed by atoms with Gasteiger partial charge in [0.2, 0.25) is 0 Å². The van der Waals surface area contributed by atoms with Crippen molar-refractivity contribution < 1.29 is 4.39 Å². The molecule has 1 aromatic rings. The van der Waals surface area contributed by atoms with Crippen LogP contribution in [0.15, 0.2) is 24.3 Å². The first kappa shape index (κ1) is 16.1. The number of nitrogens with two attached hydrogens (primary N) is 1. The summed E-state index contributed by atoms with van der Waals surface area (Å²) in [4.78, 5) is 0. The standard InChI is InChI=1S/C13H20FN.C2H6/c1-10(2)3-8-13(15)9-11-4-6-12(14)7-5-11;1-2/h4-7,10,13H,3,8-9,15H2,1-2H3;1-2H3. The average Bonchev–Trinajstić information content (AvgIpc) is 2.32. The predicted octanol–water partition coefficient (Wildman–Crippen LogP) is 4.16. The van der Waals surface area contributed by atoms with Crippen LogP contribution in [0.2, 0.25) is 0 Å². The minimum Gasteiger partial charge on any atom is -0.327 e. The highest BCUT2D eigenvalue weighted by Gasteiger charge is 2.05. The molecule has 0 saturated carbocycles. The molecule has 2 heteroatoms. The van der Waals surface area contributed by atoms with E-state index in [0.29, 0.717) is 5.92 Å². The van der Waals surface area contributed by atoms with Crippen LogP contribution in [0.25, 0.3) is 0 Å². The second-order valence-corrected chi connectivity index (χ2v) is 4.56. The maximum atomic E-state index is 12.6. The topological polar surface area (TPSA) is 26.0 Å². The monoisotopic (exact) mass is 239 g/mol. The van der Waals surface area contributed by atoms with E-state index < -0.39 is 0 Å². The fourth-order valence-electron chi connectivity index (χ4n) is 1.57. The number of hydrogen-bond acceptors (Lipinski definition) is 1. The highest BCUT2D eigenvalue weighted by atomic mass is 19.1. The van der Waals surface area contributed by atoms with Gasteiger partial charge in [0.1, 0.15) is 5.82 Å². The Hall–Kier alpha value is -0.890. The molecule has 0 heterocycles. The molecule has 0 aliphatic rings. The molecule has 0 saturated heterocycles. The quantitative estimate of drug-likeness (QED) is 0.820. The lowest BCUT2D eigenvalue weighted by atomic mass is 9.98. The van der Waals surface area contributed by atoms with E-state index in [1.165, 1.54) is 12.1 Å². The molecule has 1 nitrogen and oxygen atoms in total. The molecule has 0 bridgehead atoms. The molecule has 0 aliphatic heterocycles. The summed E-state index contributed by atoms with van der Waals surface area (Å²) < 4.78 is 12.6. The third-order valence-electron chi connectivity index (χ3n) is 2.53. The first-order chi connectivity index (χ1) is 8.08. The lowest BCUT2D eigenvalue weighted by Crippen LogP contribution is -2.23. The molecular formula is C15H26FN. The molecule has 2 N–H and O–H groups in total. The zero-order chi connectivity index (χ0) is 13.3. The first-order valence-corrected chi connectivity index (χ1v) is 6.58. The van der Waals surface area contributed by atoms with Crippen LogP contribution in [-0.2, 0) is 6.42 Å². The number of benzene rings is 1. The fourth-order valence-corrected chi connectivity index (χ4v) is 1.57. The van der Waals surface area contributed by atoms with Crippen LogP contribution in [0, 0.1) is 11.7 Å². The average molecular weight is 239 g/mol. The Morgan fingerprint density at radius 3 is 2.06 bits per heavy atom. The maximum Gasteiger partial charge on any atom is 0.123 e. The Labute approximate surface area is 105 Å². The zero-order valence-corrected chi connectivity index (χ0v) is 11.5. The van der Waals surface area contributed by atoms with Gasteiger partial charge in [-0.05, 0) is 42.9 Å². The van der Waals surface area contributed by atoms with E-state index in [1.807, 2.05) is 26.0 Å². The van der Waals surface area contributed by atoms with Crippen molar-refractivity contribution in [3.63, 3.8) is 0 Å². The summed E-state index contributed by atoms with van der Waals surface area (Å²) in [5.74, 6) is 0.513. The van der Waals surface area contributed by atoms with Gasteiger partial charge in [-0.2, -0.15) is 0 Å². The Morgan fingerprint density at radius 2 is 1.59 bits per heavy atom. The number of rotatable bonds is 5. The van der Waals surface area contributed by atoms with Crippen molar-refractivity contribution in [3.05, 3.63) is 35.6 Å². The van der Waals surface area contributed by atoms with Crippen LogP contribution in [-0.4, -0.2) is 6.04 Å². The minimum atomic E-state index is -0.186. The molecule has 98 valence electrons. The third-order valence-corrected chi connectivity index (χ3v) is 2.53. The van der Waals surface area contributed by atoms with Gasteiger partial charge in [0.25, 0.3) is 0 Å². The molecule has 0 radical (unpaired) electrons. The normalized spacial score (nSPS) is 11.9. The van der Waals surface area contributed by atoms with E-state index >= 15 is 0 Å². The minimum absolute atomic E-state index is 0.186. The molecular weight excluding hydrogens is 213 g/mol. The van der Waals surface area contributed by atoms with Crippen molar-refractivity contribution in [2.75, 3.05) is 0 Å². The van der Waals surface area contributed by atoms with E-state index in [-0.39, 0.29) is 11.9 Å². The molecule has 1 atom stereocenters. The lowest BCUT2D eigenvalue weighted by Gasteiger charge is -2.12. The number of halogens is 1. The van der Waals surface area contributed by atoms with E-state index in [4.69, 9.17) is 5.73 Å². The Balaban J connectivity index is 0.00000121. The lowest BCUT2D eigenvalue weighted by molar-refractivity contribution is 0.494. The summed E-state index contributed by atoms with van der Waals surface area (Å²) >= 11 is 0. The van der Waals surface area contributed by atoms with Gasteiger partial charge in [-0.1, -0.05) is 39.8 Å². The Bertz CT molecular complexity index is 279. The summed E-state index contributed by atoms with van der Waals surface area (Å²) in [7, 11) is 0. The van der Waals surface area contributed by atoms with Crippen LogP contribution in [0.1, 0.15) is 46.1 Å². The van der Waals surface area contributed by atoms with Crippen molar-refractivity contribution in [2.24, 2.45) is 11.7 Å². The van der Waals surface area contributed by atoms with E-state index in [1.54, 1.807) is 0 Å². The zero-order valence-electron chi connectivity index (χ0n) is 11.5. The number of hydrogen-bond donors (Lipinski definition) is 1. The van der Waals surface area contributed by atoms with Crippen molar-refractivity contribution in [2.45, 2.75) is 53.0 Å². The largest absolute Gasteiger partial charge is 0.327 e. The smallest absolute Gasteiger partial charge is 0.123 e. The van der Waals surface area contributed by atoms with Crippen molar-refractivity contribution in [1.82, 2.24) is 0 Å². The molecule has 1 unspecified atom stereocenters. The second-order valence-electron chi connectivity index (χ2n) is 4.56. The van der Waals surface area contributed by atoms with Gasteiger partial charge in [0.15, 0.2) is 0 Å². The molecule has 0 spiro atoms. The van der Waals surface area contributed by atoms with Crippen molar-refractivity contribution >= 4 is 0 Å². The summed E-state index contributed by atoms with van der Waals surface area (Å²) in [5.41, 5.74) is 7.12. The van der Waals surface area contributed by atoms with Gasteiger partial charge in [0.05, 0.1) is 0 Å². The third kappa shape index (κ3) is 7.92. The fraction of sp³-hybridized carbons (Fsp3) is 0.600. The van der Waals surface area contributed by atoms with Gasteiger partial charge in [-0.25, -0.2) is 4.39 Å². The van der Waals surface area contributed by atoms with Gasteiger partial charge < -0.3 is 5.73 Å². The van der Waals surface area contributed by atoms with E-state index in [0.717, 1.165) is 24.8 Å². The first-order valence-electron chi connectivity index (χ1n) is 6.58. The highest BCUT2D eigenvalue weighted by molar-refractivity contribution is 5.16. The maximum absolute atomic E-state index is 12.6. The SMILES string of the molecule is CC.CC(C)CCC(N)Cc1ccc(F)cc1. The molecule has 1 aromatic carbocycles. The predicted molar refractivity (Wildman–Crippen MR) is 73.5 cm³/mol. The highest BCUT2D eigenvalue weighted by Crippen LogP contribution is 2.10. The molecule has 0 amide bonds. The summed E-state index contributed by atoms with van der Waals surface area (Å²) in [6, 6.07) is 6.79. The summed E-state index contributed by atoms with van der Waals surface area (Å²) in [5, 5.41) is 0. The Kier molecular flexibility index (Phi) is 8.69. The molecule has 0 fully saturated rings. The van der Waals surface area contributed by atoms with Crippen LogP contribution in [0.3, 0.4) is 0 Å². The summed E-state index contributed by atoms with van der Waals surface area (Å²) in [6.45, 7) is 8.40. The van der Waals surface area contributed by atoms with Gasteiger partial charge in [0, 0.05) is 6.04 Å². The molecule has 0 aliphatic carbocycles. The van der Waals surface area contributed by atoms with E-state index in [2.05, 4.69) is 13.8 Å². The molecule has 1 rings (SSSR count). The van der Waals surface area contributed by atoms with Crippen molar-refractivity contribution in [1.29, 1.82) is 0 Å². The van der Waals surface area contributed by atoms with Gasteiger partial charge in [-0.15, -0.1) is 0 Å². The second kappa shape index (κ2) is 9.17. The van der Waals surface area contributed by atoms with Crippen LogP contribution in [0.4, 0.5) is 4.39 Å². The van der Waals surface area contributed by atoms with Gasteiger partial charge in [-0.3, -0.25) is 0 Å².